The van der Waals surface area contributed by atoms with Gasteiger partial charge in [0.2, 0.25) is 9.76 Å². The zero-order valence-corrected chi connectivity index (χ0v) is 14.5. The molecule has 2 radical (unpaired) electrons. The van der Waals surface area contributed by atoms with Crippen LogP contribution in [0.5, 0.6) is 0 Å². The van der Waals surface area contributed by atoms with Crippen LogP contribution in [0.25, 0.3) is 0 Å². The summed E-state index contributed by atoms with van der Waals surface area (Å²) in [5.41, 5.74) is 1.99. The van der Waals surface area contributed by atoms with E-state index < -0.39 is 11.9 Å². The zero-order chi connectivity index (χ0) is 15.9. The predicted octanol–water partition coefficient (Wildman–Crippen LogP) is 4.05. The van der Waals surface area contributed by atoms with Crippen molar-refractivity contribution in [2.45, 2.75) is 57.9 Å². The molecule has 116 valence electrons. The van der Waals surface area contributed by atoms with Gasteiger partial charge >= 0.3 is 5.97 Å². The van der Waals surface area contributed by atoms with Crippen LogP contribution in [0.15, 0.2) is 24.3 Å². The molecule has 1 rings (SSSR count). The van der Waals surface area contributed by atoms with Gasteiger partial charge in [-0.3, -0.25) is 4.79 Å². The minimum Gasteiger partial charge on any atom is -0.481 e. The predicted molar refractivity (Wildman–Crippen MR) is 86.9 cm³/mol. The van der Waals surface area contributed by atoms with E-state index in [0.717, 1.165) is 17.5 Å². The lowest BCUT2D eigenvalue weighted by atomic mass is 9.98. The number of hydrogen-bond acceptors (Lipinski definition) is 2. The van der Waals surface area contributed by atoms with Gasteiger partial charge in [-0.05, 0) is 35.9 Å². The van der Waals surface area contributed by atoms with Gasteiger partial charge in [0.25, 0.3) is 0 Å². The summed E-state index contributed by atoms with van der Waals surface area (Å²) in [5, 5.41) is 9.32. The molecule has 0 aliphatic carbocycles. The third-order valence-corrected chi connectivity index (χ3v) is 4.69. The molecule has 0 aromatic heterocycles. The lowest BCUT2D eigenvalue weighted by Gasteiger charge is -2.21. The smallest absolute Gasteiger partial charge is 0.310 e. The lowest BCUT2D eigenvalue weighted by molar-refractivity contribution is -0.138. The first-order valence-corrected chi connectivity index (χ1v) is 8.47. The van der Waals surface area contributed by atoms with Crippen molar-refractivity contribution in [1.29, 1.82) is 0 Å². The molecule has 21 heavy (non-hydrogen) atoms. The number of hydrogen-bond donors (Lipinski definition) is 1. The molecule has 1 unspecified atom stereocenters. The molecule has 0 aliphatic heterocycles. The Morgan fingerprint density at radius 3 is 2.76 bits per heavy atom. The fraction of sp³-hybridized carbons (Fsp3) is 0.588. The maximum absolute atomic E-state index is 11.0. The Balaban J connectivity index is 2.46. The molecule has 3 nitrogen and oxygen atoms in total. The normalized spacial score (nSPS) is 13.1. The highest BCUT2D eigenvalue weighted by molar-refractivity contribution is 6.31. The van der Waals surface area contributed by atoms with Crippen LogP contribution >= 0.6 is 0 Å². The molecule has 4 heteroatoms. The number of carbonyl (C=O) groups is 1. The van der Waals surface area contributed by atoms with E-state index in [4.69, 9.17) is 9.53 Å². The number of aliphatic carboxylic acids is 1. The van der Waals surface area contributed by atoms with Crippen LogP contribution in [0.1, 0.15) is 57.6 Å². The van der Waals surface area contributed by atoms with Crippen LogP contribution in [-0.4, -0.2) is 27.4 Å². The third kappa shape index (κ3) is 6.44. The minimum atomic E-state index is -0.786. The molecule has 1 aromatic carbocycles. The molecule has 0 bridgehead atoms. The molecule has 0 spiro atoms. The largest absolute Gasteiger partial charge is 0.481 e. The number of carboxylic acid groups (broad SMARTS) is 1. The highest BCUT2D eigenvalue weighted by Crippen LogP contribution is 2.28. The van der Waals surface area contributed by atoms with E-state index in [2.05, 4.69) is 20.8 Å². The molecule has 0 fully saturated rings. The van der Waals surface area contributed by atoms with Crippen molar-refractivity contribution in [2.24, 2.45) is 0 Å². The first-order valence-electron chi connectivity index (χ1n) is 7.56. The van der Waals surface area contributed by atoms with Gasteiger partial charge in [-0.1, -0.05) is 51.5 Å². The number of rotatable bonds is 9. The van der Waals surface area contributed by atoms with Gasteiger partial charge in [0, 0.05) is 6.61 Å². The second-order valence-corrected chi connectivity index (χ2v) is 7.99. The summed E-state index contributed by atoms with van der Waals surface area (Å²) in [4.78, 5) is 11.0. The van der Waals surface area contributed by atoms with Gasteiger partial charge < -0.3 is 9.53 Å². The quantitative estimate of drug-likeness (QED) is 0.553. The summed E-state index contributed by atoms with van der Waals surface area (Å²) < 4.78 is 5.81. The Hall–Kier alpha value is -1.13. The highest BCUT2D eigenvalue weighted by atomic mass is 28.2. The summed E-state index contributed by atoms with van der Waals surface area (Å²) in [6.45, 7) is 9.08. The molecule has 0 amide bonds. The van der Waals surface area contributed by atoms with Gasteiger partial charge in [-0.2, -0.15) is 0 Å². The van der Waals surface area contributed by atoms with Crippen molar-refractivity contribution in [2.75, 3.05) is 6.61 Å². The topological polar surface area (TPSA) is 46.5 Å². The lowest BCUT2D eigenvalue weighted by Crippen LogP contribution is -2.17. The van der Waals surface area contributed by atoms with Crippen LogP contribution in [0, 0.1) is 0 Å². The molecular weight excluding hydrogens is 280 g/mol. The Bertz CT molecular complexity index is 457. The molecule has 1 aromatic rings. The van der Waals surface area contributed by atoms with Crippen molar-refractivity contribution in [3.63, 3.8) is 0 Å². The van der Waals surface area contributed by atoms with Gasteiger partial charge in [0.1, 0.15) is 0 Å². The Kier molecular flexibility index (Phi) is 7.12. The zero-order valence-electron chi connectivity index (χ0n) is 13.5. The van der Waals surface area contributed by atoms with Crippen molar-refractivity contribution < 1.29 is 14.3 Å². The second-order valence-electron chi connectivity index (χ2n) is 6.14. The van der Waals surface area contributed by atoms with E-state index in [1.54, 1.807) is 6.92 Å². The van der Waals surface area contributed by atoms with E-state index in [-0.39, 0.29) is 5.04 Å². The Labute approximate surface area is 130 Å². The summed E-state index contributed by atoms with van der Waals surface area (Å²) in [6.07, 6.45) is 3.19. The van der Waals surface area contributed by atoms with Crippen LogP contribution in [0.2, 0.25) is 5.04 Å². The minimum absolute atomic E-state index is 0.258. The van der Waals surface area contributed by atoms with Crippen molar-refractivity contribution in [3.8, 4) is 0 Å². The maximum atomic E-state index is 11.0. The van der Waals surface area contributed by atoms with Gasteiger partial charge in [-0.25, -0.2) is 0 Å². The van der Waals surface area contributed by atoms with Gasteiger partial charge in [-0.15, -0.1) is 0 Å². The van der Waals surface area contributed by atoms with Gasteiger partial charge in [0.05, 0.1) is 5.92 Å². The van der Waals surface area contributed by atoms with E-state index in [0.29, 0.717) is 16.4 Å². The van der Waals surface area contributed by atoms with E-state index in [1.807, 2.05) is 24.3 Å². The first kappa shape index (κ1) is 17.9. The van der Waals surface area contributed by atoms with Crippen LogP contribution in [-0.2, 0) is 15.6 Å². The summed E-state index contributed by atoms with van der Waals surface area (Å²) in [7, 11) is 0.512. The van der Waals surface area contributed by atoms with Crippen molar-refractivity contribution in [3.05, 3.63) is 35.4 Å². The summed E-state index contributed by atoms with van der Waals surface area (Å²) >= 11 is 0. The van der Waals surface area contributed by atoms with E-state index >= 15 is 0 Å². The maximum Gasteiger partial charge on any atom is 0.310 e. The molecular formula is C17H26O3Si. The van der Waals surface area contributed by atoms with E-state index in [1.165, 1.54) is 12.8 Å². The molecule has 0 aliphatic rings. The SMILES string of the molecule is CCCC(C)(C)[Si]OCCc1cccc(C(C)C(=O)O)c1. The fourth-order valence-electron chi connectivity index (χ4n) is 2.25. The fourth-order valence-corrected chi connectivity index (χ4v) is 3.20. The highest BCUT2D eigenvalue weighted by Gasteiger charge is 2.19. The van der Waals surface area contributed by atoms with Crippen molar-refractivity contribution >= 4 is 15.7 Å². The molecule has 0 heterocycles. The van der Waals surface area contributed by atoms with Crippen LogP contribution < -0.4 is 0 Å². The monoisotopic (exact) mass is 306 g/mol. The third-order valence-electron chi connectivity index (χ3n) is 3.54. The molecule has 1 atom stereocenters. The van der Waals surface area contributed by atoms with Crippen molar-refractivity contribution in [1.82, 2.24) is 0 Å². The number of benzene rings is 1. The molecule has 0 saturated carbocycles. The first-order chi connectivity index (χ1) is 9.85. The standard InChI is InChI=1S/C17H26O3Si/c1-5-10-17(3,4)21-20-11-9-14-7-6-8-15(12-14)13(2)16(18)19/h6-8,12-13H,5,9-11H2,1-4H3,(H,18,19). The van der Waals surface area contributed by atoms with Crippen LogP contribution in [0.3, 0.4) is 0 Å². The Morgan fingerprint density at radius 2 is 2.14 bits per heavy atom. The number of carboxylic acids is 1. The van der Waals surface area contributed by atoms with Gasteiger partial charge in [0.15, 0.2) is 0 Å². The molecule has 1 N–H and O–H groups in total. The average Bonchev–Trinajstić information content (AvgIpc) is 2.43. The summed E-state index contributed by atoms with van der Waals surface area (Å²) in [6, 6.07) is 7.80. The van der Waals surface area contributed by atoms with Crippen LogP contribution in [0.4, 0.5) is 0 Å². The molecule has 0 saturated heterocycles. The Morgan fingerprint density at radius 1 is 1.43 bits per heavy atom. The summed E-state index contributed by atoms with van der Waals surface area (Å²) in [5.74, 6) is -1.25. The second kappa shape index (κ2) is 8.34. The van der Waals surface area contributed by atoms with E-state index in [9.17, 15) is 4.79 Å². The average molecular weight is 306 g/mol.